The first-order valence-electron chi connectivity index (χ1n) is 6.05. The molecule has 1 saturated carbocycles. The van der Waals surface area contributed by atoms with Crippen molar-refractivity contribution in [1.82, 2.24) is 0 Å². The van der Waals surface area contributed by atoms with Crippen LogP contribution in [-0.4, -0.2) is 22.2 Å². The molecular formula is C14H18O2S. The van der Waals surface area contributed by atoms with Crippen LogP contribution < -0.4 is 0 Å². The van der Waals surface area contributed by atoms with Gasteiger partial charge in [-0.1, -0.05) is 25.0 Å². The summed E-state index contributed by atoms with van der Waals surface area (Å²) < 4.78 is 0. The monoisotopic (exact) mass is 250 g/mol. The predicted octanol–water partition coefficient (Wildman–Crippen LogP) is 3.29. The minimum absolute atomic E-state index is 0.0898. The van der Waals surface area contributed by atoms with Crippen LogP contribution in [0.3, 0.4) is 0 Å². The SMILES string of the molecule is CC(=O)c1cccc(SCC2(O)CCCC2)c1. The van der Waals surface area contributed by atoms with Crippen molar-refractivity contribution in [3.63, 3.8) is 0 Å². The van der Waals surface area contributed by atoms with E-state index in [0.29, 0.717) is 0 Å². The summed E-state index contributed by atoms with van der Waals surface area (Å²) in [6.07, 6.45) is 4.08. The lowest BCUT2D eigenvalue weighted by Gasteiger charge is -2.21. The van der Waals surface area contributed by atoms with Gasteiger partial charge in [-0.3, -0.25) is 4.79 Å². The lowest BCUT2D eigenvalue weighted by Crippen LogP contribution is -2.26. The zero-order valence-corrected chi connectivity index (χ0v) is 10.9. The first-order valence-corrected chi connectivity index (χ1v) is 7.04. The molecule has 1 aromatic rings. The number of hydrogen-bond acceptors (Lipinski definition) is 3. The second-order valence-electron chi connectivity index (χ2n) is 4.80. The van der Waals surface area contributed by atoms with Crippen LogP contribution in [0.5, 0.6) is 0 Å². The Morgan fingerprint density at radius 1 is 1.41 bits per heavy atom. The summed E-state index contributed by atoms with van der Waals surface area (Å²) in [6, 6.07) is 7.63. The first kappa shape index (κ1) is 12.7. The molecule has 0 atom stereocenters. The smallest absolute Gasteiger partial charge is 0.159 e. The second-order valence-corrected chi connectivity index (χ2v) is 5.85. The summed E-state index contributed by atoms with van der Waals surface area (Å²) in [7, 11) is 0. The van der Waals surface area contributed by atoms with E-state index in [-0.39, 0.29) is 5.78 Å². The van der Waals surface area contributed by atoms with E-state index in [1.54, 1.807) is 18.7 Å². The molecule has 2 rings (SSSR count). The lowest BCUT2D eigenvalue weighted by atomic mass is 10.1. The third-order valence-electron chi connectivity index (χ3n) is 3.28. The Bertz CT molecular complexity index is 408. The van der Waals surface area contributed by atoms with E-state index in [1.165, 1.54) is 0 Å². The maximum atomic E-state index is 11.3. The molecule has 0 unspecified atom stereocenters. The van der Waals surface area contributed by atoms with Crippen molar-refractivity contribution in [3.05, 3.63) is 29.8 Å². The Morgan fingerprint density at radius 3 is 2.76 bits per heavy atom. The quantitative estimate of drug-likeness (QED) is 0.658. The highest BCUT2D eigenvalue weighted by Crippen LogP contribution is 2.34. The maximum Gasteiger partial charge on any atom is 0.159 e. The van der Waals surface area contributed by atoms with Crippen molar-refractivity contribution in [2.45, 2.75) is 43.1 Å². The van der Waals surface area contributed by atoms with Crippen molar-refractivity contribution in [2.75, 3.05) is 5.75 Å². The normalized spacial score (nSPS) is 18.2. The molecule has 17 heavy (non-hydrogen) atoms. The summed E-state index contributed by atoms with van der Waals surface area (Å²) in [5.74, 6) is 0.820. The van der Waals surface area contributed by atoms with Gasteiger partial charge in [0.05, 0.1) is 5.60 Å². The van der Waals surface area contributed by atoms with E-state index in [1.807, 2.05) is 24.3 Å². The maximum absolute atomic E-state index is 11.3. The van der Waals surface area contributed by atoms with E-state index >= 15 is 0 Å². The average Bonchev–Trinajstić information content (AvgIpc) is 2.75. The van der Waals surface area contributed by atoms with Gasteiger partial charge >= 0.3 is 0 Å². The highest BCUT2D eigenvalue weighted by molar-refractivity contribution is 7.99. The number of aliphatic hydroxyl groups is 1. The molecule has 0 heterocycles. The molecule has 0 saturated heterocycles. The van der Waals surface area contributed by atoms with Crippen LogP contribution in [0.25, 0.3) is 0 Å². The first-order chi connectivity index (χ1) is 8.09. The lowest BCUT2D eigenvalue weighted by molar-refractivity contribution is 0.0732. The number of carbonyl (C=O) groups is 1. The molecule has 1 aliphatic carbocycles. The zero-order chi connectivity index (χ0) is 12.3. The molecule has 0 bridgehead atoms. The van der Waals surface area contributed by atoms with E-state index in [9.17, 15) is 9.90 Å². The number of carbonyl (C=O) groups excluding carboxylic acids is 1. The highest BCUT2D eigenvalue weighted by atomic mass is 32.2. The topological polar surface area (TPSA) is 37.3 Å². The number of thioether (sulfide) groups is 1. The minimum atomic E-state index is -0.489. The molecule has 1 fully saturated rings. The zero-order valence-electron chi connectivity index (χ0n) is 10.1. The molecule has 1 N–H and O–H groups in total. The van der Waals surface area contributed by atoms with Crippen molar-refractivity contribution in [2.24, 2.45) is 0 Å². The van der Waals surface area contributed by atoms with Crippen LogP contribution in [0.2, 0.25) is 0 Å². The minimum Gasteiger partial charge on any atom is -0.389 e. The van der Waals surface area contributed by atoms with Crippen molar-refractivity contribution >= 4 is 17.5 Å². The molecule has 0 spiro atoms. The van der Waals surface area contributed by atoms with Gasteiger partial charge in [-0.15, -0.1) is 11.8 Å². The van der Waals surface area contributed by atoms with Gasteiger partial charge in [0.1, 0.15) is 0 Å². The van der Waals surface area contributed by atoms with Gasteiger partial charge in [0.25, 0.3) is 0 Å². The van der Waals surface area contributed by atoms with Gasteiger partial charge in [-0.25, -0.2) is 0 Å². The van der Waals surface area contributed by atoms with E-state index in [2.05, 4.69) is 0 Å². The summed E-state index contributed by atoms with van der Waals surface area (Å²) >= 11 is 1.65. The highest BCUT2D eigenvalue weighted by Gasteiger charge is 2.30. The Kier molecular flexibility index (Phi) is 3.89. The van der Waals surface area contributed by atoms with Crippen LogP contribution in [0, 0.1) is 0 Å². The number of rotatable bonds is 4. The third kappa shape index (κ3) is 3.33. The fourth-order valence-corrected chi connectivity index (χ4v) is 3.31. The molecule has 0 aromatic heterocycles. The van der Waals surface area contributed by atoms with Crippen LogP contribution >= 0.6 is 11.8 Å². The fraction of sp³-hybridized carbons (Fsp3) is 0.500. The average molecular weight is 250 g/mol. The number of hydrogen-bond donors (Lipinski definition) is 1. The molecule has 1 aromatic carbocycles. The van der Waals surface area contributed by atoms with Gasteiger partial charge in [0, 0.05) is 16.2 Å². The standard InChI is InChI=1S/C14H18O2S/c1-11(15)12-5-4-6-13(9-12)17-10-14(16)7-2-3-8-14/h4-6,9,16H,2-3,7-8,10H2,1H3. The summed E-state index contributed by atoms with van der Waals surface area (Å²) in [5, 5.41) is 10.2. The molecule has 92 valence electrons. The van der Waals surface area contributed by atoms with E-state index in [4.69, 9.17) is 0 Å². The summed E-state index contributed by atoms with van der Waals surface area (Å²) in [5.41, 5.74) is 0.255. The van der Waals surface area contributed by atoms with Crippen LogP contribution in [0.15, 0.2) is 29.2 Å². The molecular weight excluding hydrogens is 232 g/mol. The number of ketones is 1. The predicted molar refractivity (Wildman–Crippen MR) is 70.6 cm³/mol. The van der Waals surface area contributed by atoms with Crippen molar-refractivity contribution in [3.8, 4) is 0 Å². The Balaban J connectivity index is 1.99. The number of benzene rings is 1. The van der Waals surface area contributed by atoms with Gasteiger partial charge in [0.2, 0.25) is 0 Å². The van der Waals surface area contributed by atoms with E-state index < -0.39 is 5.60 Å². The van der Waals surface area contributed by atoms with Crippen LogP contribution in [-0.2, 0) is 0 Å². The Morgan fingerprint density at radius 2 is 2.12 bits per heavy atom. The Labute approximate surface area is 106 Å². The van der Waals surface area contributed by atoms with Gasteiger partial charge in [-0.2, -0.15) is 0 Å². The molecule has 0 amide bonds. The van der Waals surface area contributed by atoms with Crippen LogP contribution in [0.4, 0.5) is 0 Å². The van der Waals surface area contributed by atoms with Crippen molar-refractivity contribution in [1.29, 1.82) is 0 Å². The Hall–Kier alpha value is -0.800. The van der Waals surface area contributed by atoms with Gasteiger partial charge in [-0.05, 0) is 31.9 Å². The van der Waals surface area contributed by atoms with Crippen molar-refractivity contribution < 1.29 is 9.90 Å². The summed E-state index contributed by atoms with van der Waals surface area (Å²) in [4.78, 5) is 12.3. The fourth-order valence-electron chi connectivity index (χ4n) is 2.20. The second kappa shape index (κ2) is 5.23. The third-order valence-corrected chi connectivity index (χ3v) is 4.55. The van der Waals surface area contributed by atoms with Gasteiger partial charge < -0.3 is 5.11 Å². The number of Topliss-reactive ketones (excluding diaryl/α,β-unsaturated/α-hetero) is 1. The van der Waals surface area contributed by atoms with Gasteiger partial charge in [0.15, 0.2) is 5.78 Å². The van der Waals surface area contributed by atoms with Crippen LogP contribution in [0.1, 0.15) is 43.0 Å². The summed E-state index contributed by atoms with van der Waals surface area (Å²) in [6.45, 7) is 1.58. The molecule has 0 aliphatic heterocycles. The molecule has 1 aliphatic rings. The molecule has 2 nitrogen and oxygen atoms in total. The van der Waals surface area contributed by atoms with E-state index in [0.717, 1.165) is 41.9 Å². The molecule has 0 radical (unpaired) electrons. The molecule has 3 heteroatoms. The largest absolute Gasteiger partial charge is 0.389 e.